The first kappa shape index (κ1) is 15.0. The van der Waals surface area contributed by atoms with E-state index in [9.17, 15) is 19.5 Å². The number of carbonyl (C=O) groups is 3. The lowest BCUT2D eigenvalue weighted by molar-refractivity contribution is 0.0973. The Morgan fingerprint density at radius 1 is 1.09 bits per heavy atom. The molecule has 2 aromatic rings. The van der Waals surface area contributed by atoms with E-state index in [1.165, 1.54) is 20.1 Å². The van der Waals surface area contributed by atoms with E-state index in [0.717, 1.165) is 0 Å². The molecule has 2 aromatic carbocycles. The standard InChI is InChI=1S/C18H14O5/c1-8-14(9(2)19)12(20)7-11-15(8)18(22)16-10(17(11)21)5-4-6-13(16)23-3/h4-7,20H,1-3H3. The van der Waals surface area contributed by atoms with Crippen molar-refractivity contribution < 1.29 is 24.2 Å². The first-order valence-electron chi connectivity index (χ1n) is 7.02. The molecule has 0 aliphatic heterocycles. The van der Waals surface area contributed by atoms with Gasteiger partial charge in [0.05, 0.1) is 18.2 Å². The largest absolute Gasteiger partial charge is 0.507 e. The maximum absolute atomic E-state index is 12.9. The Hall–Kier alpha value is -2.95. The van der Waals surface area contributed by atoms with Gasteiger partial charge in [-0.25, -0.2) is 0 Å². The first-order valence-corrected chi connectivity index (χ1v) is 7.02. The highest BCUT2D eigenvalue weighted by Crippen LogP contribution is 2.38. The van der Waals surface area contributed by atoms with Gasteiger partial charge in [0.15, 0.2) is 17.3 Å². The lowest BCUT2D eigenvalue weighted by Crippen LogP contribution is -2.24. The van der Waals surface area contributed by atoms with Crippen LogP contribution in [-0.4, -0.2) is 29.6 Å². The molecule has 0 aromatic heterocycles. The Labute approximate surface area is 132 Å². The quantitative estimate of drug-likeness (QED) is 0.736. The minimum atomic E-state index is -0.382. The number of phenolic OH excluding ortho intramolecular Hbond substituents is 1. The number of hydrogen-bond acceptors (Lipinski definition) is 5. The van der Waals surface area contributed by atoms with Crippen LogP contribution in [0.3, 0.4) is 0 Å². The number of carbonyl (C=O) groups excluding carboxylic acids is 3. The molecule has 0 saturated heterocycles. The van der Waals surface area contributed by atoms with Crippen LogP contribution in [-0.2, 0) is 0 Å². The lowest BCUT2D eigenvalue weighted by atomic mass is 9.79. The van der Waals surface area contributed by atoms with Crippen LogP contribution in [0, 0.1) is 6.92 Å². The first-order chi connectivity index (χ1) is 10.9. The molecule has 0 saturated carbocycles. The Balaban J connectivity index is 2.39. The third-order valence-corrected chi connectivity index (χ3v) is 4.10. The number of benzene rings is 2. The molecule has 1 N–H and O–H groups in total. The van der Waals surface area contributed by atoms with E-state index in [1.807, 2.05) is 0 Å². The van der Waals surface area contributed by atoms with E-state index >= 15 is 0 Å². The number of Topliss-reactive ketones (excluding diaryl/α,β-unsaturated/α-hetero) is 1. The summed E-state index contributed by atoms with van der Waals surface area (Å²) in [5, 5.41) is 10.1. The van der Waals surface area contributed by atoms with Gasteiger partial charge in [-0.15, -0.1) is 0 Å². The Morgan fingerprint density at radius 3 is 2.39 bits per heavy atom. The zero-order valence-electron chi connectivity index (χ0n) is 12.9. The van der Waals surface area contributed by atoms with Gasteiger partial charge in [-0.1, -0.05) is 12.1 Å². The Morgan fingerprint density at radius 2 is 1.78 bits per heavy atom. The summed E-state index contributed by atoms with van der Waals surface area (Å²) in [5.41, 5.74) is 1.04. The summed E-state index contributed by atoms with van der Waals surface area (Å²) < 4.78 is 5.20. The minimum absolute atomic E-state index is 0.0586. The normalized spacial score (nSPS) is 12.7. The molecule has 0 atom stereocenters. The van der Waals surface area contributed by atoms with Crippen molar-refractivity contribution in [3.8, 4) is 11.5 Å². The zero-order valence-corrected chi connectivity index (χ0v) is 12.9. The molecular weight excluding hydrogens is 296 g/mol. The highest BCUT2D eigenvalue weighted by molar-refractivity contribution is 6.30. The molecule has 1 aliphatic carbocycles. The Bertz CT molecular complexity index is 893. The van der Waals surface area contributed by atoms with Crippen LogP contribution in [0.25, 0.3) is 0 Å². The van der Waals surface area contributed by atoms with Crippen LogP contribution in [0.2, 0.25) is 0 Å². The maximum atomic E-state index is 12.9. The molecule has 1 aliphatic rings. The molecule has 0 spiro atoms. The minimum Gasteiger partial charge on any atom is -0.507 e. The van der Waals surface area contributed by atoms with E-state index < -0.39 is 0 Å². The van der Waals surface area contributed by atoms with E-state index in [2.05, 4.69) is 0 Å². The number of hydrogen-bond donors (Lipinski definition) is 1. The van der Waals surface area contributed by atoms with Crippen molar-refractivity contribution in [2.75, 3.05) is 7.11 Å². The second-order valence-corrected chi connectivity index (χ2v) is 5.42. The van der Waals surface area contributed by atoms with Crippen LogP contribution in [0.15, 0.2) is 24.3 Å². The summed E-state index contributed by atoms with van der Waals surface area (Å²) in [6.45, 7) is 2.86. The molecule has 0 amide bonds. The fraction of sp³-hybridized carbons (Fsp3) is 0.167. The van der Waals surface area contributed by atoms with Crippen molar-refractivity contribution in [1.82, 2.24) is 0 Å². The molecule has 0 heterocycles. The van der Waals surface area contributed by atoms with E-state index in [1.54, 1.807) is 25.1 Å². The van der Waals surface area contributed by atoms with Gasteiger partial charge in [-0.3, -0.25) is 14.4 Å². The van der Waals surface area contributed by atoms with Crippen LogP contribution < -0.4 is 4.74 Å². The van der Waals surface area contributed by atoms with Gasteiger partial charge in [0.1, 0.15) is 11.5 Å². The van der Waals surface area contributed by atoms with Crippen LogP contribution in [0.4, 0.5) is 0 Å². The molecule has 0 fully saturated rings. The third kappa shape index (κ3) is 1.97. The number of aromatic hydroxyl groups is 1. The van der Waals surface area contributed by atoms with Gasteiger partial charge in [0.2, 0.25) is 0 Å². The maximum Gasteiger partial charge on any atom is 0.198 e. The van der Waals surface area contributed by atoms with Gasteiger partial charge in [0.25, 0.3) is 0 Å². The number of fused-ring (bicyclic) bond motifs is 2. The molecule has 5 nitrogen and oxygen atoms in total. The molecule has 0 unspecified atom stereocenters. The summed E-state index contributed by atoms with van der Waals surface area (Å²) in [6.07, 6.45) is 0. The van der Waals surface area contributed by atoms with Gasteiger partial charge >= 0.3 is 0 Å². The molecule has 116 valence electrons. The molecule has 3 rings (SSSR count). The fourth-order valence-corrected chi connectivity index (χ4v) is 3.11. The lowest BCUT2D eigenvalue weighted by Gasteiger charge is -2.22. The highest BCUT2D eigenvalue weighted by atomic mass is 16.5. The van der Waals surface area contributed by atoms with E-state index in [4.69, 9.17) is 4.74 Å². The van der Waals surface area contributed by atoms with Crippen molar-refractivity contribution in [1.29, 1.82) is 0 Å². The predicted molar refractivity (Wildman–Crippen MR) is 82.7 cm³/mol. The van der Waals surface area contributed by atoms with Gasteiger partial charge in [-0.05, 0) is 31.5 Å². The monoisotopic (exact) mass is 310 g/mol. The number of phenols is 1. The van der Waals surface area contributed by atoms with E-state index in [0.29, 0.717) is 11.3 Å². The summed E-state index contributed by atoms with van der Waals surface area (Å²) in [5.74, 6) is -1.10. The average molecular weight is 310 g/mol. The van der Waals surface area contributed by atoms with Crippen LogP contribution >= 0.6 is 0 Å². The SMILES string of the molecule is COc1cccc2c1C(=O)c1c(cc(O)c(C(C)=O)c1C)C2=O. The van der Waals surface area contributed by atoms with E-state index in [-0.39, 0.29) is 50.9 Å². The highest BCUT2D eigenvalue weighted by Gasteiger charge is 2.35. The second kappa shape index (κ2) is 5.05. The predicted octanol–water partition coefficient (Wildman–Crippen LogP) is 2.69. The molecule has 0 bridgehead atoms. The summed E-state index contributed by atoms with van der Waals surface area (Å²) in [4.78, 5) is 37.4. The van der Waals surface area contributed by atoms with Gasteiger partial charge < -0.3 is 9.84 Å². The molecule has 0 radical (unpaired) electrons. The molecule has 23 heavy (non-hydrogen) atoms. The zero-order chi connectivity index (χ0) is 16.9. The third-order valence-electron chi connectivity index (χ3n) is 4.10. The van der Waals surface area contributed by atoms with Crippen molar-refractivity contribution in [3.63, 3.8) is 0 Å². The number of ether oxygens (including phenoxy) is 1. The van der Waals surface area contributed by atoms with Crippen LogP contribution in [0.1, 0.15) is 54.7 Å². The number of ketones is 3. The Kier molecular flexibility index (Phi) is 3.29. The topological polar surface area (TPSA) is 80.7 Å². The summed E-state index contributed by atoms with van der Waals surface area (Å²) >= 11 is 0. The second-order valence-electron chi connectivity index (χ2n) is 5.42. The van der Waals surface area contributed by atoms with Crippen molar-refractivity contribution in [2.24, 2.45) is 0 Å². The summed E-state index contributed by atoms with van der Waals surface area (Å²) in [7, 11) is 1.42. The van der Waals surface area contributed by atoms with Crippen LogP contribution in [0.5, 0.6) is 11.5 Å². The number of methoxy groups -OCH3 is 1. The average Bonchev–Trinajstić information content (AvgIpc) is 2.50. The van der Waals surface area contributed by atoms with Crippen molar-refractivity contribution in [3.05, 3.63) is 57.6 Å². The summed E-state index contributed by atoms with van der Waals surface area (Å²) in [6, 6.07) is 5.98. The van der Waals surface area contributed by atoms with Gasteiger partial charge in [-0.2, -0.15) is 0 Å². The van der Waals surface area contributed by atoms with Crippen molar-refractivity contribution in [2.45, 2.75) is 13.8 Å². The molecular formula is C18H14O5. The fourth-order valence-electron chi connectivity index (χ4n) is 3.11. The van der Waals surface area contributed by atoms with Crippen molar-refractivity contribution >= 4 is 17.3 Å². The van der Waals surface area contributed by atoms with Gasteiger partial charge in [0, 0.05) is 16.7 Å². The smallest absolute Gasteiger partial charge is 0.198 e. The number of rotatable bonds is 2. The molecule has 5 heteroatoms.